The van der Waals surface area contributed by atoms with Crippen molar-refractivity contribution < 1.29 is 0 Å². The summed E-state index contributed by atoms with van der Waals surface area (Å²) in [5, 5.41) is 8.95. The summed E-state index contributed by atoms with van der Waals surface area (Å²) in [7, 11) is 1.97. The molecular formula is C15H15ClN2. The van der Waals surface area contributed by atoms with Crippen LogP contribution in [0.4, 0.5) is 0 Å². The molecule has 3 heteroatoms. The van der Waals surface area contributed by atoms with Crippen molar-refractivity contribution in [2.75, 3.05) is 7.05 Å². The van der Waals surface area contributed by atoms with Crippen molar-refractivity contribution in [1.29, 1.82) is 0 Å². The third-order valence-electron chi connectivity index (χ3n) is 3.09. The molecule has 1 aromatic carbocycles. The topological polar surface area (TPSA) is 24.1 Å². The zero-order valence-electron chi connectivity index (χ0n) is 10.1. The third-order valence-corrected chi connectivity index (χ3v) is 3.09. The molecule has 0 saturated heterocycles. The van der Waals surface area contributed by atoms with Gasteiger partial charge in [-0.15, -0.1) is 12.4 Å². The van der Waals surface area contributed by atoms with E-state index in [4.69, 9.17) is 0 Å². The van der Waals surface area contributed by atoms with Crippen LogP contribution in [-0.4, -0.2) is 7.05 Å². The van der Waals surface area contributed by atoms with E-state index in [2.05, 4.69) is 53.1 Å². The van der Waals surface area contributed by atoms with Gasteiger partial charge in [0.1, 0.15) is 0 Å². The minimum absolute atomic E-state index is 0. The Balaban J connectivity index is 0.00000120. The van der Waals surface area contributed by atoms with Gasteiger partial charge in [-0.25, -0.2) is 0 Å². The summed E-state index contributed by atoms with van der Waals surface area (Å²) in [6.07, 6.45) is 10.4. The predicted molar refractivity (Wildman–Crippen MR) is 78.3 cm³/mol. The molecule has 0 fully saturated rings. The predicted octanol–water partition coefficient (Wildman–Crippen LogP) is 1.16. The Bertz CT molecular complexity index is 666. The Kier molecular flexibility index (Phi) is 3.58. The van der Waals surface area contributed by atoms with Crippen LogP contribution in [-0.2, 0) is 0 Å². The summed E-state index contributed by atoms with van der Waals surface area (Å²) in [6.45, 7) is 0. The monoisotopic (exact) mass is 258 g/mol. The summed E-state index contributed by atoms with van der Waals surface area (Å²) in [5.74, 6) is 0. The summed E-state index contributed by atoms with van der Waals surface area (Å²) in [5.41, 5.74) is 3.60. The highest BCUT2D eigenvalue weighted by Gasteiger charge is 2.12. The van der Waals surface area contributed by atoms with E-state index in [0.717, 1.165) is 5.70 Å². The average Bonchev–Trinajstić information content (AvgIpc) is 2.55. The number of hydrogen-bond donors (Lipinski definition) is 2. The first-order valence-corrected chi connectivity index (χ1v) is 5.73. The number of benzene rings is 1. The van der Waals surface area contributed by atoms with Gasteiger partial charge in [-0.1, -0.05) is 36.4 Å². The highest BCUT2D eigenvalue weighted by Crippen LogP contribution is 2.21. The molecule has 2 N–H and O–H groups in total. The molecule has 1 aliphatic heterocycles. The van der Waals surface area contributed by atoms with Gasteiger partial charge in [0.25, 0.3) is 0 Å². The molecule has 0 radical (unpaired) electrons. The fourth-order valence-electron chi connectivity index (χ4n) is 2.27. The number of dihydropyridines is 1. The average molecular weight is 259 g/mol. The Hall–Kier alpha value is -1.93. The lowest BCUT2D eigenvalue weighted by Gasteiger charge is -2.15. The summed E-state index contributed by atoms with van der Waals surface area (Å²) >= 11 is 0. The van der Waals surface area contributed by atoms with Crippen LogP contribution in [0.1, 0.15) is 0 Å². The molecule has 0 bridgehead atoms. The Morgan fingerprint density at radius 3 is 2.78 bits per heavy atom. The zero-order valence-corrected chi connectivity index (χ0v) is 10.9. The number of allylic oxidation sites excluding steroid dienone is 2. The van der Waals surface area contributed by atoms with Crippen LogP contribution in [0.25, 0.3) is 11.8 Å². The largest absolute Gasteiger partial charge is 0.387 e. The van der Waals surface area contributed by atoms with Gasteiger partial charge in [-0.3, -0.25) is 0 Å². The zero-order chi connectivity index (χ0) is 11.7. The number of halogens is 1. The van der Waals surface area contributed by atoms with Crippen molar-refractivity contribution in [1.82, 2.24) is 10.6 Å². The van der Waals surface area contributed by atoms with E-state index in [-0.39, 0.29) is 12.4 Å². The Labute approximate surface area is 113 Å². The van der Waals surface area contributed by atoms with Crippen molar-refractivity contribution in [3.8, 4) is 0 Å². The maximum Gasteiger partial charge on any atom is 0.0511 e. The second-order valence-electron chi connectivity index (χ2n) is 4.06. The quantitative estimate of drug-likeness (QED) is 0.790. The van der Waals surface area contributed by atoms with E-state index >= 15 is 0 Å². The molecule has 0 amide bonds. The van der Waals surface area contributed by atoms with Crippen LogP contribution in [0.15, 0.2) is 60.0 Å². The van der Waals surface area contributed by atoms with E-state index in [1.807, 2.05) is 19.4 Å². The lowest BCUT2D eigenvalue weighted by Crippen LogP contribution is -2.31. The van der Waals surface area contributed by atoms with Crippen LogP contribution < -0.4 is 21.1 Å². The van der Waals surface area contributed by atoms with Gasteiger partial charge in [-0.2, -0.15) is 0 Å². The molecular weight excluding hydrogens is 244 g/mol. The van der Waals surface area contributed by atoms with Crippen molar-refractivity contribution in [3.05, 3.63) is 70.4 Å². The van der Waals surface area contributed by atoms with Crippen LogP contribution >= 0.6 is 12.4 Å². The maximum absolute atomic E-state index is 3.31. The van der Waals surface area contributed by atoms with Crippen LogP contribution in [0.3, 0.4) is 0 Å². The fourth-order valence-corrected chi connectivity index (χ4v) is 2.27. The second-order valence-corrected chi connectivity index (χ2v) is 4.06. The molecule has 1 aliphatic carbocycles. The van der Waals surface area contributed by atoms with Crippen molar-refractivity contribution >= 4 is 24.2 Å². The molecule has 18 heavy (non-hydrogen) atoms. The minimum atomic E-state index is 0. The summed E-state index contributed by atoms with van der Waals surface area (Å²) in [4.78, 5) is 0. The standard InChI is InChI=1S/C15H14N2.ClH/c1-16-15-13-5-3-2-4-11(13)6-7-12-8-9-17-10-14(12)15;/h2-10,16-17H,1H3;1H. The van der Waals surface area contributed by atoms with Gasteiger partial charge in [0.2, 0.25) is 0 Å². The third kappa shape index (κ3) is 1.95. The molecule has 0 aromatic heterocycles. The van der Waals surface area contributed by atoms with Gasteiger partial charge in [0.05, 0.1) is 5.70 Å². The first-order valence-electron chi connectivity index (χ1n) is 5.73. The molecule has 0 spiro atoms. The minimum Gasteiger partial charge on any atom is -0.387 e. The number of nitrogens with one attached hydrogen (secondary N) is 2. The van der Waals surface area contributed by atoms with E-state index in [0.29, 0.717) is 0 Å². The molecule has 1 heterocycles. The molecule has 2 nitrogen and oxygen atoms in total. The smallest absolute Gasteiger partial charge is 0.0511 e. The van der Waals surface area contributed by atoms with Gasteiger partial charge >= 0.3 is 0 Å². The van der Waals surface area contributed by atoms with Crippen molar-refractivity contribution in [2.45, 2.75) is 0 Å². The SMILES string of the molecule is CNC1=c2ccccc2=CC=C2C=CNC=C21.Cl. The number of rotatable bonds is 1. The molecule has 92 valence electrons. The molecule has 3 rings (SSSR count). The normalized spacial score (nSPS) is 15.7. The van der Waals surface area contributed by atoms with Gasteiger partial charge in [0.15, 0.2) is 0 Å². The van der Waals surface area contributed by atoms with Crippen LogP contribution in [0, 0.1) is 0 Å². The van der Waals surface area contributed by atoms with Crippen LogP contribution in [0.2, 0.25) is 0 Å². The van der Waals surface area contributed by atoms with E-state index < -0.39 is 0 Å². The molecule has 1 aromatic rings. The van der Waals surface area contributed by atoms with Gasteiger partial charge in [0, 0.05) is 30.2 Å². The Morgan fingerprint density at radius 1 is 1.11 bits per heavy atom. The van der Waals surface area contributed by atoms with Crippen molar-refractivity contribution in [2.24, 2.45) is 0 Å². The molecule has 2 aliphatic rings. The second kappa shape index (κ2) is 5.15. The molecule has 0 saturated carbocycles. The number of hydrogen-bond acceptors (Lipinski definition) is 2. The maximum atomic E-state index is 3.31. The number of likely N-dealkylation sites (N-methyl/N-ethyl adjacent to an activating group) is 1. The summed E-state index contributed by atoms with van der Waals surface area (Å²) < 4.78 is 0. The first-order chi connectivity index (χ1) is 8.40. The highest BCUT2D eigenvalue weighted by atomic mass is 35.5. The van der Waals surface area contributed by atoms with E-state index in [9.17, 15) is 0 Å². The number of fused-ring (bicyclic) bond motifs is 2. The van der Waals surface area contributed by atoms with E-state index in [1.54, 1.807) is 0 Å². The van der Waals surface area contributed by atoms with Gasteiger partial charge < -0.3 is 10.6 Å². The lowest BCUT2D eigenvalue weighted by atomic mass is 10.0. The first kappa shape index (κ1) is 12.5. The summed E-state index contributed by atoms with van der Waals surface area (Å²) in [6, 6.07) is 8.42. The molecule has 0 atom stereocenters. The van der Waals surface area contributed by atoms with E-state index in [1.165, 1.54) is 21.6 Å². The molecule has 0 unspecified atom stereocenters. The van der Waals surface area contributed by atoms with Crippen LogP contribution in [0.5, 0.6) is 0 Å². The lowest BCUT2D eigenvalue weighted by molar-refractivity contribution is 1.07. The van der Waals surface area contributed by atoms with Gasteiger partial charge in [-0.05, 0) is 16.9 Å². The Morgan fingerprint density at radius 2 is 1.94 bits per heavy atom. The van der Waals surface area contributed by atoms with Crippen molar-refractivity contribution in [3.63, 3.8) is 0 Å². The highest BCUT2D eigenvalue weighted by molar-refractivity contribution is 5.85. The fraction of sp³-hybridized carbons (Fsp3) is 0.0667.